The molecule has 3 aromatic rings. The summed E-state index contributed by atoms with van der Waals surface area (Å²) in [5.74, 6) is -1.08. The number of carboxylic acid groups (broad SMARTS) is 1. The maximum Gasteiger partial charge on any atom is 0.339 e. The Hall–Kier alpha value is -2.83. The van der Waals surface area contributed by atoms with Gasteiger partial charge in [-0.1, -0.05) is 48.0 Å². The van der Waals surface area contributed by atoms with Gasteiger partial charge < -0.3 is 15.3 Å². The number of carbonyl (C=O) groups is 2. The minimum atomic E-state index is -1.08. The van der Waals surface area contributed by atoms with E-state index in [4.69, 9.17) is 11.6 Å². The first-order chi connectivity index (χ1) is 13.5. The largest absolute Gasteiger partial charge is 0.478 e. The van der Waals surface area contributed by atoms with Crippen LogP contribution < -0.4 is 5.32 Å². The van der Waals surface area contributed by atoms with Crippen LogP contribution >= 0.6 is 22.9 Å². The normalized spacial score (nSPS) is 13.1. The highest BCUT2D eigenvalue weighted by Crippen LogP contribution is 2.36. The first-order valence-electron chi connectivity index (χ1n) is 8.76. The van der Waals surface area contributed by atoms with Crippen LogP contribution in [0.25, 0.3) is 10.4 Å². The lowest BCUT2D eigenvalue weighted by Gasteiger charge is -2.28. The van der Waals surface area contributed by atoms with Gasteiger partial charge in [0.15, 0.2) is 0 Å². The molecule has 2 amide bonds. The van der Waals surface area contributed by atoms with E-state index in [9.17, 15) is 14.7 Å². The summed E-state index contributed by atoms with van der Waals surface area (Å²) in [7, 11) is 0. The fourth-order valence-electron chi connectivity index (χ4n) is 3.34. The van der Waals surface area contributed by atoms with Crippen molar-refractivity contribution in [1.82, 2.24) is 4.90 Å². The molecule has 0 aliphatic carbocycles. The van der Waals surface area contributed by atoms with Crippen LogP contribution in [0.2, 0.25) is 5.02 Å². The Bertz CT molecular complexity index is 1050. The molecule has 1 aliphatic heterocycles. The van der Waals surface area contributed by atoms with Crippen molar-refractivity contribution in [3.8, 4) is 10.4 Å². The van der Waals surface area contributed by atoms with Crippen LogP contribution in [0.4, 0.5) is 10.5 Å². The Morgan fingerprint density at radius 3 is 2.50 bits per heavy atom. The third-order valence-corrected chi connectivity index (χ3v) is 6.05. The molecule has 1 aromatic heterocycles. The number of benzene rings is 2. The summed E-state index contributed by atoms with van der Waals surface area (Å²) < 4.78 is 0. The van der Waals surface area contributed by atoms with Crippen LogP contribution in [-0.4, -0.2) is 28.6 Å². The van der Waals surface area contributed by atoms with Crippen molar-refractivity contribution in [3.63, 3.8) is 0 Å². The lowest BCUT2D eigenvalue weighted by Crippen LogP contribution is -2.39. The van der Waals surface area contributed by atoms with Gasteiger partial charge in [0.25, 0.3) is 0 Å². The quantitative estimate of drug-likeness (QED) is 0.608. The average molecular weight is 413 g/mol. The van der Waals surface area contributed by atoms with Gasteiger partial charge in [-0.05, 0) is 35.2 Å². The third kappa shape index (κ3) is 3.61. The van der Waals surface area contributed by atoms with Crippen LogP contribution in [0.1, 0.15) is 21.5 Å². The topological polar surface area (TPSA) is 69.6 Å². The molecule has 0 saturated heterocycles. The number of nitrogens with zero attached hydrogens (tertiary/aromatic N) is 1. The number of anilines is 1. The van der Waals surface area contributed by atoms with E-state index in [1.165, 1.54) is 16.9 Å². The van der Waals surface area contributed by atoms with Crippen LogP contribution in [0.15, 0.2) is 53.9 Å². The molecule has 4 rings (SSSR count). The number of halogens is 1. The summed E-state index contributed by atoms with van der Waals surface area (Å²) in [5, 5.41) is 14.8. The zero-order valence-corrected chi connectivity index (χ0v) is 16.4. The molecule has 5 nitrogen and oxygen atoms in total. The molecule has 28 heavy (non-hydrogen) atoms. The number of amides is 2. The van der Waals surface area contributed by atoms with Gasteiger partial charge in [-0.15, -0.1) is 11.3 Å². The highest BCUT2D eigenvalue weighted by molar-refractivity contribution is 7.14. The summed E-state index contributed by atoms with van der Waals surface area (Å²) in [5.41, 5.74) is 3.52. The van der Waals surface area contributed by atoms with Crippen molar-refractivity contribution in [1.29, 1.82) is 0 Å². The number of rotatable bonds is 3. The fourth-order valence-corrected chi connectivity index (χ4v) is 4.47. The standard InChI is InChI=1S/C21H17ClN2O3S/c22-16-7-5-14(6-8-16)19-18(20(25)26)17(12-28-19)23-21(27)24-10-9-13-3-1-2-4-15(13)11-24/h1-8,12H,9-11H2,(H,23,27)(H,25,26). The first-order valence-corrected chi connectivity index (χ1v) is 10.0. The van der Waals surface area contributed by atoms with Gasteiger partial charge >= 0.3 is 12.0 Å². The number of carbonyl (C=O) groups excluding carboxylic acids is 1. The number of fused-ring (bicyclic) bond motifs is 1. The van der Waals surface area contributed by atoms with Gasteiger partial charge in [0.05, 0.1) is 10.6 Å². The fraction of sp³-hybridized carbons (Fsp3) is 0.143. The van der Waals surface area contributed by atoms with Gasteiger partial charge in [0.2, 0.25) is 0 Å². The van der Waals surface area contributed by atoms with Crippen molar-refractivity contribution >= 4 is 40.6 Å². The van der Waals surface area contributed by atoms with E-state index in [-0.39, 0.29) is 11.6 Å². The average Bonchev–Trinajstić information content (AvgIpc) is 3.12. The van der Waals surface area contributed by atoms with Crippen molar-refractivity contribution in [2.75, 3.05) is 11.9 Å². The maximum absolute atomic E-state index is 12.8. The molecule has 0 spiro atoms. The highest BCUT2D eigenvalue weighted by atomic mass is 35.5. The van der Waals surface area contributed by atoms with Gasteiger partial charge in [-0.25, -0.2) is 9.59 Å². The number of aromatic carboxylic acids is 1. The predicted octanol–water partition coefficient (Wildman–Crippen LogP) is 5.36. The number of carboxylic acids is 1. The molecule has 142 valence electrons. The Morgan fingerprint density at radius 1 is 1.07 bits per heavy atom. The van der Waals surface area contributed by atoms with Crippen molar-refractivity contribution in [2.24, 2.45) is 0 Å². The highest BCUT2D eigenvalue weighted by Gasteiger charge is 2.25. The molecule has 2 heterocycles. The monoisotopic (exact) mass is 412 g/mol. The summed E-state index contributed by atoms with van der Waals surface area (Å²) in [6.45, 7) is 1.11. The molecule has 0 bridgehead atoms. The predicted molar refractivity (Wildman–Crippen MR) is 111 cm³/mol. The zero-order valence-electron chi connectivity index (χ0n) is 14.8. The summed E-state index contributed by atoms with van der Waals surface area (Å²) in [6.07, 6.45) is 0.787. The van der Waals surface area contributed by atoms with Gasteiger partial charge in [0, 0.05) is 23.5 Å². The molecule has 1 aliphatic rings. The molecule has 0 atom stereocenters. The van der Waals surface area contributed by atoms with E-state index in [1.54, 1.807) is 34.5 Å². The molecule has 0 fully saturated rings. The maximum atomic E-state index is 12.8. The van der Waals surface area contributed by atoms with E-state index >= 15 is 0 Å². The summed E-state index contributed by atoms with van der Waals surface area (Å²) >= 11 is 7.21. The van der Waals surface area contributed by atoms with Crippen LogP contribution in [0.3, 0.4) is 0 Å². The zero-order chi connectivity index (χ0) is 19.7. The van der Waals surface area contributed by atoms with E-state index in [1.807, 2.05) is 18.2 Å². The molecule has 0 radical (unpaired) electrons. The van der Waals surface area contributed by atoms with E-state index < -0.39 is 5.97 Å². The number of hydrogen-bond acceptors (Lipinski definition) is 3. The molecule has 2 aromatic carbocycles. The molecular weight excluding hydrogens is 396 g/mol. The van der Waals surface area contributed by atoms with E-state index in [0.717, 1.165) is 17.5 Å². The summed E-state index contributed by atoms with van der Waals surface area (Å²) in [6, 6.07) is 14.7. The number of urea groups is 1. The van der Waals surface area contributed by atoms with Crippen molar-refractivity contribution < 1.29 is 14.7 Å². The van der Waals surface area contributed by atoms with E-state index in [2.05, 4.69) is 11.4 Å². The SMILES string of the molecule is O=C(O)c1c(NC(=O)N2CCc3ccccc3C2)csc1-c1ccc(Cl)cc1. The molecule has 0 unspecified atom stereocenters. The smallest absolute Gasteiger partial charge is 0.339 e. The van der Waals surface area contributed by atoms with Crippen LogP contribution in [0, 0.1) is 0 Å². The second-order valence-electron chi connectivity index (χ2n) is 6.54. The molecule has 7 heteroatoms. The molecule has 0 saturated carbocycles. The summed E-state index contributed by atoms with van der Waals surface area (Å²) in [4.78, 5) is 26.9. The van der Waals surface area contributed by atoms with Crippen LogP contribution in [-0.2, 0) is 13.0 Å². The lowest BCUT2D eigenvalue weighted by molar-refractivity contribution is 0.0699. The Morgan fingerprint density at radius 2 is 1.79 bits per heavy atom. The molecule has 2 N–H and O–H groups in total. The Kier molecular flexibility index (Phi) is 5.07. The lowest BCUT2D eigenvalue weighted by atomic mass is 10.0. The second kappa shape index (κ2) is 7.66. The number of nitrogens with one attached hydrogen (secondary N) is 1. The van der Waals surface area contributed by atoms with Gasteiger partial charge in [-0.3, -0.25) is 0 Å². The molecular formula is C21H17ClN2O3S. The first kappa shape index (κ1) is 18.5. The minimum Gasteiger partial charge on any atom is -0.478 e. The minimum absolute atomic E-state index is 0.0954. The van der Waals surface area contributed by atoms with Crippen molar-refractivity contribution in [3.05, 3.63) is 75.6 Å². The Labute approximate surface area is 171 Å². The van der Waals surface area contributed by atoms with Crippen molar-refractivity contribution in [2.45, 2.75) is 13.0 Å². The number of hydrogen-bond donors (Lipinski definition) is 2. The van der Waals surface area contributed by atoms with Gasteiger partial charge in [-0.2, -0.15) is 0 Å². The third-order valence-electron chi connectivity index (χ3n) is 4.77. The Balaban J connectivity index is 1.57. The number of thiophene rings is 1. The second-order valence-corrected chi connectivity index (χ2v) is 7.85. The van der Waals surface area contributed by atoms with E-state index in [0.29, 0.717) is 28.7 Å². The van der Waals surface area contributed by atoms with Crippen LogP contribution in [0.5, 0.6) is 0 Å². The van der Waals surface area contributed by atoms with Gasteiger partial charge in [0.1, 0.15) is 5.56 Å².